The van der Waals surface area contributed by atoms with Crippen LogP contribution in [0.3, 0.4) is 0 Å². The van der Waals surface area contributed by atoms with Crippen molar-refractivity contribution in [2.24, 2.45) is 0 Å². The lowest BCUT2D eigenvalue weighted by Gasteiger charge is -2.08. The van der Waals surface area contributed by atoms with Gasteiger partial charge in [-0.3, -0.25) is 4.79 Å². The molecule has 1 amide bonds. The minimum absolute atomic E-state index is 0.178. The number of nitrogens with zero attached hydrogens (tertiary/aromatic N) is 2. The largest absolute Gasteiger partial charge is 0.351 e. The zero-order valence-electron chi connectivity index (χ0n) is 14.4. The van der Waals surface area contributed by atoms with Gasteiger partial charge in [0, 0.05) is 28.9 Å². The van der Waals surface area contributed by atoms with Gasteiger partial charge < -0.3 is 14.7 Å². The van der Waals surface area contributed by atoms with Crippen molar-refractivity contribution >= 4 is 28.1 Å². The topological polar surface area (TPSA) is 62.2 Å². The fourth-order valence-electron chi connectivity index (χ4n) is 3.27. The molecule has 0 aliphatic heterocycles. The van der Waals surface area contributed by atoms with Crippen molar-refractivity contribution < 1.29 is 4.79 Å². The molecule has 0 bridgehead atoms. The monoisotopic (exact) mass is 352 g/mol. The fourth-order valence-corrected chi connectivity index (χ4v) is 3.27. The molecule has 0 saturated heterocycles. The number of anilines is 1. The number of H-pyrrole nitrogens is 1. The zero-order chi connectivity index (χ0) is 18.2. The van der Waals surface area contributed by atoms with Gasteiger partial charge in [0.1, 0.15) is 11.3 Å². The summed E-state index contributed by atoms with van der Waals surface area (Å²) in [6, 6.07) is 23.3. The SMILES string of the molecule is O=C(Nc1ccccc1-c1cn2ccccc2n1)c1cc2ccccc2[nH]1. The van der Waals surface area contributed by atoms with Gasteiger partial charge in [-0.2, -0.15) is 0 Å². The van der Waals surface area contributed by atoms with E-state index >= 15 is 0 Å². The quantitative estimate of drug-likeness (QED) is 0.493. The first-order valence-corrected chi connectivity index (χ1v) is 8.70. The minimum atomic E-state index is -0.178. The molecule has 0 fully saturated rings. The molecule has 2 aromatic carbocycles. The lowest BCUT2D eigenvalue weighted by molar-refractivity contribution is 0.102. The van der Waals surface area contributed by atoms with E-state index in [1.165, 1.54) is 0 Å². The second kappa shape index (κ2) is 6.14. The first-order valence-electron chi connectivity index (χ1n) is 8.70. The normalized spacial score (nSPS) is 11.1. The third kappa shape index (κ3) is 2.75. The first-order chi connectivity index (χ1) is 13.3. The number of amides is 1. The number of rotatable bonds is 3. The molecule has 0 spiro atoms. The van der Waals surface area contributed by atoms with E-state index in [1.54, 1.807) is 0 Å². The molecule has 0 atom stereocenters. The third-order valence-electron chi connectivity index (χ3n) is 4.59. The molecule has 5 rings (SSSR count). The Morgan fingerprint density at radius 1 is 0.963 bits per heavy atom. The van der Waals surface area contributed by atoms with E-state index in [4.69, 9.17) is 0 Å². The highest BCUT2D eigenvalue weighted by molar-refractivity contribution is 6.07. The van der Waals surface area contributed by atoms with Crippen LogP contribution < -0.4 is 5.32 Å². The molecule has 0 aliphatic rings. The molecule has 0 saturated carbocycles. The van der Waals surface area contributed by atoms with Gasteiger partial charge in [-0.05, 0) is 30.3 Å². The molecule has 5 aromatic rings. The number of fused-ring (bicyclic) bond motifs is 2. The maximum Gasteiger partial charge on any atom is 0.272 e. The molecule has 130 valence electrons. The molecular weight excluding hydrogens is 336 g/mol. The Kier molecular flexibility index (Phi) is 3.50. The van der Waals surface area contributed by atoms with Crippen molar-refractivity contribution in [1.82, 2.24) is 14.4 Å². The molecule has 5 heteroatoms. The second-order valence-electron chi connectivity index (χ2n) is 6.36. The van der Waals surface area contributed by atoms with Crippen LogP contribution in [0.15, 0.2) is 85.2 Å². The van der Waals surface area contributed by atoms with Gasteiger partial charge in [0.2, 0.25) is 0 Å². The number of nitrogens with one attached hydrogen (secondary N) is 2. The summed E-state index contributed by atoms with van der Waals surface area (Å²) in [7, 11) is 0. The number of hydrogen-bond donors (Lipinski definition) is 2. The van der Waals surface area contributed by atoms with Crippen LogP contribution >= 0.6 is 0 Å². The summed E-state index contributed by atoms with van der Waals surface area (Å²) in [6.07, 6.45) is 3.92. The van der Waals surface area contributed by atoms with E-state index in [2.05, 4.69) is 15.3 Å². The van der Waals surface area contributed by atoms with Crippen LogP contribution in [0, 0.1) is 0 Å². The van der Waals surface area contributed by atoms with Gasteiger partial charge in [-0.1, -0.05) is 42.5 Å². The zero-order valence-corrected chi connectivity index (χ0v) is 14.4. The summed E-state index contributed by atoms with van der Waals surface area (Å²) < 4.78 is 1.96. The lowest BCUT2D eigenvalue weighted by Crippen LogP contribution is -2.12. The molecule has 0 aliphatic carbocycles. The Balaban J connectivity index is 1.51. The van der Waals surface area contributed by atoms with Crippen molar-refractivity contribution in [2.75, 3.05) is 5.32 Å². The van der Waals surface area contributed by atoms with Crippen LogP contribution in [-0.2, 0) is 0 Å². The maximum absolute atomic E-state index is 12.8. The molecular formula is C22H16N4O. The number of para-hydroxylation sites is 2. The standard InChI is InChI=1S/C22H16N4O/c27-22(19-13-15-7-1-3-9-17(15)23-19)25-18-10-4-2-8-16(18)20-14-26-12-6-5-11-21(26)24-20/h1-14,23H,(H,25,27). The number of pyridine rings is 1. The van der Waals surface area contributed by atoms with Crippen LogP contribution in [0.4, 0.5) is 5.69 Å². The van der Waals surface area contributed by atoms with Crippen molar-refractivity contribution in [1.29, 1.82) is 0 Å². The van der Waals surface area contributed by atoms with Crippen LogP contribution in [0.2, 0.25) is 0 Å². The summed E-state index contributed by atoms with van der Waals surface area (Å²) in [5, 5.41) is 4.02. The second-order valence-corrected chi connectivity index (χ2v) is 6.36. The highest BCUT2D eigenvalue weighted by Gasteiger charge is 2.14. The van der Waals surface area contributed by atoms with Crippen molar-refractivity contribution in [3.05, 3.63) is 90.9 Å². The highest BCUT2D eigenvalue weighted by Crippen LogP contribution is 2.28. The van der Waals surface area contributed by atoms with Crippen LogP contribution in [-0.4, -0.2) is 20.3 Å². The molecule has 2 N–H and O–H groups in total. The third-order valence-corrected chi connectivity index (χ3v) is 4.59. The van der Waals surface area contributed by atoms with E-state index in [1.807, 2.05) is 89.6 Å². The number of carbonyl (C=O) groups excluding carboxylic acids is 1. The van der Waals surface area contributed by atoms with Crippen molar-refractivity contribution in [3.8, 4) is 11.3 Å². The number of imidazole rings is 1. The summed E-state index contributed by atoms with van der Waals surface area (Å²) in [5.41, 5.74) is 4.76. The predicted octanol–water partition coefficient (Wildman–Crippen LogP) is 4.73. The van der Waals surface area contributed by atoms with E-state index in [0.29, 0.717) is 5.69 Å². The number of carbonyl (C=O) groups is 1. The van der Waals surface area contributed by atoms with Gasteiger partial charge in [-0.25, -0.2) is 4.98 Å². The van der Waals surface area contributed by atoms with Gasteiger partial charge >= 0.3 is 0 Å². The van der Waals surface area contributed by atoms with Crippen LogP contribution in [0.25, 0.3) is 27.8 Å². The van der Waals surface area contributed by atoms with Gasteiger partial charge in [0.05, 0.1) is 11.4 Å². The molecule has 0 radical (unpaired) electrons. The Bertz CT molecular complexity index is 1220. The number of hydrogen-bond acceptors (Lipinski definition) is 2. The van der Waals surface area contributed by atoms with E-state index in [0.717, 1.165) is 33.5 Å². The Morgan fingerprint density at radius 3 is 2.67 bits per heavy atom. The number of aromatic amines is 1. The number of aromatic nitrogens is 3. The van der Waals surface area contributed by atoms with E-state index < -0.39 is 0 Å². The van der Waals surface area contributed by atoms with Gasteiger partial charge in [-0.15, -0.1) is 0 Å². The van der Waals surface area contributed by atoms with Crippen LogP contribution in [0.5, 0.6) is 0 Å². The summed E-state index contributed by atoms with van der Waals surface area (Å²) >= 11 is 0. The average Bonchev–Trinajstić information content (AvgIpc) is 3.32. The molecule has 3 aromatic heterocycles. The highest BCUT2D eigenvalue weighted by atomic mass is 16.1. The Labute approximate surface area is 155 Å². The minimum Gasteiger partial charge on any atom is -0.351 e. The maximum atomic E-state index is 12.8. The first kappa shape index (κ1) is 15.4. The molecule has 3 heterocycles. The van der Waals surface area contributed by atoms with Crippen molar-refractivity contribution in [2.45, 2.75) is 0 Å². The Morgan fingerprint density at radius 2 is 1.78 bits per heavy atom. The Hall–Kier alpha value is -3.86. The average molecular weight is 352 g/mol. The summed E-state index contributed by atoms with van der Waals surface area (Å²) in [5.74, 6) is -0.178. The van der Waals surface area contributed by atoms with E-state index in [-0.39, 0.29) is 5.91 Å². The van der Waals surface area contributed by atoms with E-state index in [9.17, 15) is 4.79 Å². The van der Waals surface area contributed by atoms with Gasteiger partial charge in [0.15, 0.2) is 0 Å². The smallest absolute Gasteiger partial charge is 0.272 e. The van der Waals surface area contributed by atoms with Crippen molar-refractivity contribution in [3.63, 3.8) is 0 Å². The summed E-state index contributed by atoms with van der Waals surface area (Å²) in [6.45, 7) is 0. The predicted molar refractivity (Wildman–Crippen MR) is 107 cm³/mol. The van der Waals surface area contributed by atoms with Gasteiger partial charge in [0.25, 0.3) is 5.91 Å². The molecule has 27 heavy (non-hydrogen) atoms. The molecule has 5 nitrogen and oxygen atoms in total. The number of benzene rings is 2. The fraction of sp³-hybridized carbons (Fsp3) is 0. The lowest BCUT2D eigenvalue weighted by atomic mass is 10.1. The van der Waals surface area contributed by atoms with Crippen LogP contribution in [0.1, 0.15) is 10.5 Å². The summed E-state index contributed by atoms with van der Waals surface area (Å²) in [4.78, 5) is 20.6. The molecule has 0 unspecified atom stereocenters.